The Kier molecular flexibility index (Phi) is 7.21. The van der Waals surface area contributed by atoms with Crippen molar-refractivity contribution in [2.75, 3.05) is 32.8 Å². The van der Waals surface area contributed by atoms with Crippen molar-refractivity contribution >= 4 is 0 Å². The molecule has 146 valence electrons. The first kappa shape index (κ1) is 19.8. The van der Waals surface area contributed by atoms with E-state index < -0.39 is 0 Å². The van der Waals surface area contributed by atoms with E-state index in [0.717, 1.165) is 50.8 Å². The van der Waals surface area contributed by atoms with Crippen LogP contribution < -0.4 is 10.1 Å². The first-order chi connectivity index (χ1) is 13.1. The molecule has 5 heteroatoms. The molecule has 1 saturated heterocycles. The molecule has 2 aromatic rings. The number of aromatic nitrogens is 1. The van der Waals surface area contributed by atoms with E-state index in [9.17, 15) is 0 Å². The number of nitrogens with one attached hydrogen (secondary N) is 1. The zero-order valence-corrected chi connectivity index (χ0v) is 16.7. The van der Waals surface area contributed by atoms with Crippen LogP contribution in [0.4, 0.5) is 0 Å². The largest absolute Gasteiger partial charge is 0.487 e. The van der Waals surface area contributed by atoms with Gasteiger partial charge in [-0.2, -0.15) is 0 Å². The quantitative estimate of drug-likeness (QED) is 0.775. The summed E-state index contributed by atoms with van der Waals surface area (Å²) in [4.78, 5) is 6.81. The average molecular weight is 370 g/mol. The van der Waals surface area contributed by atoms with Gasteiger partial charge in [0.05, 0.1) is 18.9 Å². The van der Waals surface area contributed by atoms with Crippen molar-refractivity contribution in [1.29, 1.82) is 0 Å². The highest BCUT2D eigenvalue weighted by atomic mass is 16.5. The summed E-state index contributed by atoms with van der Waals surface area (Å²) in [6.45, 7) is 12.6. The Morgan fingerprint density at radius 3 is 2.59 bits per heavy atom. The molecule has 0 saturated carbocycles. The lowest BCUT2D eigenvalue weighted by atomic mass is 10.1. The lowest BCUT2D eigenvalue weighted by Crippen LogP contribution is -2.46. The SMILES string of the molecule is Cc1cc(CNCC(C)N2CCOCC2)cc(C)c1OCc1ccccn1. The van der Waals surface area contributed by atoms with E-state index in [2.05, 4.69) is 48.1 Å². The molecule has 1 aliphatic rings. The van der Waals surface area contributed by atoms with Gasteiger partial charge in [-0.05, 0) is 49.6 Å². The molecule has 0 spiro atoms. The van der Waals surface area contributed by atoms with E-state index in [1.165, 1.54) is 16.7 Å². The molecule has 1 aromatic heterocycles. The van der Waals surface area contributed by atoms with Crippen LogP contribution in [0.5, 0.6) is 5.75 Å². The third kappa shape index (κ3) is 5.76. The number of aryl methyl sites for hydroxylation is 2. The van der Waals surface area contributed by atoms with E-state index >= 15 is 0 Å². The number of rotatable bonds is 8. The third-order valence-electron chi connectivity index (χ3n) is 5.05. The highest BCUT2D eigenvalue weighted by Crippen LogP contribution is 2.25. The molecule has 1 unspecified atom stereocenters. The van der Waals surface area contributed by atoms with Gasteiger partial charge in [0, 0.05) is 38.4 Å². The summed E-state index contributed by atoms with van der Waals surface area (Å²) in [5, 5.41) is 3.60. The minimum atomic E-state index is 0.497. The standard InChI is InChI=1S/C22H31N3O2/c1-17-12-20(15-23-14-19(3)25-8-10-26-11-9-25)13-18(2)22(17)27-16-21-6-4-5-7-24-21/h4-7,12-13,19,23H,8-11,14-16H2,1-3H3. The Labute approximate surface area is 162 Å². The van der Waals surface area contributed by atoms with Gasteiger partial charge in [-0.25, -0.2) is 0 Å². The van der Waals surface area contributed by atoms with Gasteiger partial charge in [0.25, 0.3) is 0 Å². The monoisotopic (exact) mass is 369 g/mol. The predicted octanol–water partition coefficient (Wildman–Crippen LogP) is 3.09. The number of nitrogens with zero attached hydrogens (tertiary/aromatic N) is 2. The van der Waals surface area contributed by atoms with Crippen molar-refractivity contribution < 1.29 is 9.47 Å². The summed E-state index contributed by atoms with van der Waals surface area (Å²) in [6, 6.07) is 10.8. The summed E-state index contributed by atoms with van der Waals surface area (Å²) in [5.74, 6) is 0.964. The van der Waals surface area contributed by atoms with Gasteiger partial charge in [0.2, 0.25) is 0 Å². The number of benzene rings is 1. The fourth-order valence-corrected chi connectivity index (χ4v) is 3.57. The maximum atomic E-state index is 6.03. The molecule has 1 fully saturated rings. The minimum absolute atomic E-state index is 0.497. The Hall–Kier alpha value is -1.95. The zero-order valence-electron chi connectivity index (χ0n) is 16.7. The highest BCUT2D eigenvalue weighted by molar-refractivity contribution is 5.43. The smallest absolute Gasteiger partial charge is 0.130 e. The van der Waals surface area contributed by atoms with Crippen LogP contribution in [-0.2, 0) is 17.9 Å². The van der Waals surface area contributed by atoms with Crippen molar-refractivity contribution in [3.05, 3.63) is 58.9 Å². The van der Waals surface area contributed by atoms with Crippen LogP contribution in [-0.4, -0.2) is 48.8 Å². The summed E-state index contributed by atoms with van der Waals surface area (Å²) < 4.78 is 11.5. The molecule has 1 aliphatic heterocycles. The lowest BCUT2D eigenvalue weighted by molar-refractivity contribution is 0.0203. The molecule has 5 nitrogen and oxygen atoms in total. The number of pyridine rings is 1. The molecule has 1 atom stereocenters. The van der Waals surface area contributed by atoms with Gasteiger partial charge in [-0.1, -0.05) is 18.2 Å². The maximum absolute atomic E-state index is 6.03. The van der Waals surface area contributed by atoms with Crippen molar-refractivity contribution in [2.24, 2.45) is 0 Å². The van der Waals surface area contributed by atoms with Crippen LogP contribution in [0.1, 0.15) is 29.3 Å². The first-order valence-electron chi connectivity index (χ1n) is 9.79. The van der Waals surface area contributed by atoms with Gasteiger partial charge in [-0.15, -0.1) is 0 Å². The number of hydrogen-bond donors (Lipinski definition) is 1. The summed E-state index contributed by atoms with van der Waals surface area (Å²) in [6.07, 6.45) is 1.80. The molecular formula is C22H31N3O2. The molecule has 0 amide bonds. The summed E-state index contributed by atoms with van der Waals surface area (Å²) in [7, 11) is 0. The number of morpholine rings is 1. The zero-order chi connectivity index (χ0) is 19.1. The molecule has 0 aliphatic carbocycles. The van der Waals surface area contributed by atoms with Crippen molar-refractivity contribution in [3.8, 4) is 5.75 Å². The fraction of sp³-hybridized carbons (Fsp3) is 0.500. The highest BCUT2D eigenvalue weighted by Gasteiger charge is 2.16. The Morgan fingerprint density at radius 2 is 1.93 bits per heavy atom. The molecule has 1 N–H and O–H groups in total. The van der Waals surface area contributed by atoms with Crippen molar-refractivity contribution in [3.63, 3.8) is 0 Å². The van der Waals surface area contributed by atoms with Crippen molar-refractivity contribution in [1.82, 2.24) is 15.2 Å². The topological polar surface area (TPSA) is 46.6 Å². The lowest BCUT2D eigenvalue weighted by Gasteiger charge is -2.32. The van der Waals surface area contributed by atoms with Crippen molar-refractivity contribution in [2.45, 2.75) is 40.0 Å². The first-order valence-corrected chi connectivity index (χ1v) is 9.79. The minimum Gasteiger partial charge on any atom is -0.487 e. The molecule has 0 radical (unpaired) electrons. The van der Waals surface area contributed by atoms with E-state index in [1.807, 2.05) is 18.2 Å². The fourth-order valence-electron chi connectivity index (χ4n) is 3.57. The van der Waals surface area contributed by atoms with Crippen LogP contribution in [0.25, 0.3) is 0 Å². The van der Waals surface area contributed by atoms with Crippen LogP contribution >= 0.6 is 0 Å². The molecule has 1 aromatic carbocycles. The molecule has 27 heavy (non-hydrogen) atoms. The number of ether oxygens (including phenoxy) is 2. The van der Waals surface area contributed by atoms with Gasteiger partial charge in [0.15, 0.2) is 0 Å². The van der Waals surface area contributed by atoms with E-state index in [1.54, 1.807) is 6.20 Å². The molecule has 2 heterocycles. The van der Waals surface area contributed by atoms with Gasteiger partial charge >= 0.3 is 0 Å². The van der Waals surface area contributed by atoms with E-state index in [0.29, 0.717) is 12.6 Å². The third-order valence-corrected chi connectivity index (χ3v) is 5.05. The molecule has 0 bridgehead atoms. The van der Waals surface area contributed by atoms with Crippen LogP contribution in [0.2, 0.25) is 0 Å². The summed E-state index contributed by atoms with van der Waals surface area (Å²) >= 11 is 0. The van der Waals surface area contributed by atoms with Gasteiger partial charge in [-0.3, -0.25) is 9.88 Å². The normalized spacial score (nSPS) is 16.3. The van der Waals surface area contributed by atoms with Crippen LogP contribution in [0, 0.1) is 13.8 Å². The summed E-state index contributed by atoms with van der Waals surface area (Å²) in [5.41, 5.74) is 4.58. The average Bonchev–Trinajstić information content (AvgIpc) is 2.69. The van der Waals surface area contributed by atoms with Gasteiger partial charge < -0.3 is 14.8 Å². The molecular weight excluding hydrogens is 338 g/mol. The Balaban J connectivity index is 1.51. The number of hydrogen-bond acceptors (Lipinski definition) is 5. The Morgan fingerprint density at radius 1 is 1.19 bits per heavy atom. The van der Waals surface area contributed by atoms with Crippen LogP contribution in [0.3, 0.4) is 0 Å². The van der Waals surface area contributed by atoms with Crippen LogP contribution in [0.15, 0.2) is 36.5 Å². The maximum Gasteiger partial charge on any atom is 0.130 e. The predicted molar refractivity (Wildman–Crippen MR) is 108 cm³/mol. The van der Waals surface area contributed by atoms with E-state index in [-0.39, 0.29) is 0 Å². The van der Waals surface area contributed by atoms with Gasteiger partial charge in [0.1, 0.15) is 12.4 Å². The second-order valence-electron chi connectivity index (χ2n) is 7.30. The Bertz CT molecular complexity index is 692. The molecule has 3 rings (SSSR count). The second kappa shape index (κ2) is 9.83. The van der Waals surface area contributed by atoms with E-state index in [4.69, 9.17) is 9.47 Å². The second-order valence-corrected chi connectivity index (χ2v) is 7.30.